The third-order valence-electron chi connectivity index (χ3n) is 0.901. The maximum Gasteiger partial charge on any atom is 0.243 e. The second kappa shape index (κ2) is 4.49. The van der Waals surface area contributed by atoms with Crippen molar-refractivity contribution in [1.82, 2.24) is 4.57 Å². The average Bonchev–Trinajstić information content (AvgIpc) is 2.13. The van der Waals surface area contributed by atoms with Gasteiger partial charge in [0, 0.05) is 6.92 Å². The largest absolute Gasteiger partial charge is 0.370 e. The van der Waals surface area contributed by atoms with E-state index >= 15 is 0 Å². The van der Waals surface area contributed by atoms with E-state index in [1.807, 2.05) is 42.0 Å². The molecule has 0 radical (unpaired) electrons. The summed E-state index contributed by atoms with van der Waals surface area (Å²) < 4.78 is 4.00. The number of nitrogens with zero attached hydrogens (tertiary/aromatic N) is 2. The molecule has 1 heterocycles. The van der Waals surface area contributed by atoms with Crippen LogP contribution in [0.3, 0.4) is 0 Å². The molecule has 4 heteroatoms. The molecule has 0 aliphatic rings. The Bertz CT molecular complexity index is 209. The SMILES string of the molecule is CC(N)=O.Cn1cc[n+](C)c1. The summed E-state index contributed by atoms with van der Waals surface area (Å²) in [6.45, 7) is 1.31. The Labute approximate surface area is 66.2 Å². The van der Waals surface area contributed by atoms with E-state index in [1.165, 1.54) is 6.92 Å². The summed E-state index contributed by atoms with van der Waals surface area (Å²) in [5, 5.41) is 0. The Morgan fingerprint density at radius 1 is 1.64 bits per heavy atom. The average molecular weight is 156 g/mol. The van der Waals surface area contributed by atoms with Crippen molar-refractivity contribution in [3.05, 3.63) is 18.7 Å². The molecule has 0 unspecified atom stereocenters. The van der Waals surface area contributed by atoms with Crippen molar-refractivity contribution in [2.24, 2.45) is 19.8 Å². The summed E-state index contributed by atoms with van der Waals surface area (Å²) in [6.07, 6.45) is 6.00. The molecule has 1 amide bonds. The highest BCUT2D eigenvalue weighted by atomic mass is 16.1. The standard InChI is InChI=1S/C5H9N2.C2H5NO/c1-6-3-4-7(2)5-6;1-2(3)4/h3-5H,1-2H3;1H3,(H2,3,4)/q+1;. The molecular weight excluding hydrogens is 142 g/mol. The Kier molecular flexibility index (Phi) is 3.95. The molecule has 0 aliphatic carbocycles. The first-order valence-electron chi connectivity index (χ1n) is 3.25. The molecule has 0 fully saturated rings. The molecule has 0 atom stereocenters. The fourth-order valence-electron chi connectivity index (χ4n) is 0.575. The molecule has 11 heavy (non-hydrogen) atoms. The zero-order chi connectivity index (χ0) is 8.85. The van der Waals surface area contributed by atoms with Gasteiger partial charge in [-0.2, -0.15) is 0 Å². The third-order valence-corrected chi connectivity index (χ3v) is 0.901. The number of carbonyl (C=O) groups excluding carboxylic acids is 1. The molecule has 62 valence electrons. The number of imidazole rings is 1. The number of rotatable bonds is 0. The van der Waals surface area contributed by atoms with Crippen LogP contribution in [0.25, 0.3) is 0 Å². The zero-order valence-electron chi connectivity index (χ0n) is 7.11. The first-order chi connectivity index (χ1) is 5.02. The fraction of sp³-hybridized carbons (Fsp3) is 0.429. The first kappa shape index (κ1) is 9.68. The lowest BCUT2D eigenvalue weighted by atomic mass is 10.8. The molecule has 1 aromatic rings. The number of aromatic nitrogens is 2. The predicted molar refractivity (Wildman–Crippen MR) is 41.5 cm³/mol. The van der Waals surface area contributed by atoms with E-state index in [4.69, 9.17) is 0 Å². The van der Waals surface area contributed by atoms with Gasteiger partial charge >= 0.3 is 0 Å². The number of amides is 1. The number of nitrogens with two attached hydrogens (primary N) is 1. The van der Waals surface area contributed by atoms with Gasteiger partial charge < -0.3 is 5.73 Å². The van der Waals surface area contributed by atoms with Crippen LogP contribution in [0.5, 0.6) is 0 Å². The van der Waals surface area contributed by atoms with Crippen molar-refractivity contribution in [3.8, 4) is 0 Å². The normalized spacial score (nSPS) is 8.27. The lowest BCUT2D eigenvalue weighted by Crippen LogP contribution is -2.23. The summed E-state index contributed by atoms with van der Waals surface area (Å²) in [5.74, 6) is -0.333. The summed E-state index contributed by atoms with van der Waals surface area (Å²) in [4.78, 5) is 9.22. The molecule has 1 aromatic heterocycles. The van der Waals surface area contributed by atoms with Gasteiger partial charge in [-0.25, -0.2) is 9.13 Å². The van der Waals surface area contributed by atoms with Crippen molar-refractivity contribution in [2.75, 3.05) is 0 Å². The number of carbonyl (C=O) groups is 1. The Balaban J connectivity index is 0.000000218. The monoisotopic (exact) mass is 156 g/mol. The number of hydrogen-bond acceptors (Lipinski definition) is 1. The number of hydrogen-bond donors (Lipinski definition) is 1. The first-order valence-corrected chi connectivity index (χ1v) is 3.25. The van der Waals surface area contributed by atoms with Crippen LogP contribution in [0.1, 0.15) is 6.92 Å². The number of primary amides is 1. The lowest BCUT2D eigenvalue weighted by Gasteiger charge is -1.72. The van der Waals surface area contributed by atoms with Gasteiger partial charge in [-0.3, -0.25) is 4.79 Å². The smallest absolute Gasteiger partial charge is 0.243 e. The van der Waals surface area contributed by atoms with Gasteiger partial charge in [0.2, 0.25) is 12.2 Å². The molecule has 0 aliphatic heterocycles. The van der Waals surface area contributed by atoms with E-state index in [0.29, 0.717) is 0 Å². The molecule has 4 nitrogen and oxygen atoms in total. The molecule has 1 rings (SSSR count). The van der Waals surface area contributed by atoms with Crippen LogP contribution in [0.4, 0.5) is 0 Å². The van der Waals surface area contributed by atoms with E-state index in [2.05, 4.69) is 5.73 Å². The highest BCUT2D eigenvalue weighted by Crippen LogP contribution is 1.70. The van der Waals surface area contributed by atoms with Crippen LogP contribution in [0.15, 0.2) is 18.7 Å². The van der Waals surface area contributed by atoms with E-state index < -0.39 is 0 Å². The Morgan fingerprint density at radius 2 is 2.09 bits per heavy atom. The van der Waals surface area contributed by atoms with Crippen molar-refractivity contribution in [3.63, 3.8) is 0 Å². The third kappa shape index (κ3) is 6.57. The van der Waals surface area contributed by atoms with Gasteiger partial charge in [0.25, 0.3) is 0 Å². The van der Waals surface area contributed by atoms with Crippen LogP contribution >= 0.6 is 0 Å². The maximum absolute atomic E-state index is 9.22. The minimum absolute atomic E-state index is 0.333. The van der Waals surface area contributed by atoms with Gasteiger partial charge in [-0.15, -0.1) is 0 Å². The summed E-state index contributed by atoms with van der Waals surface area (Å²) in [7, 11) is 4.00. The van der Waals surface area contributed by atoms with Gasteiger partial charge in [-0.1, -0.05) is 0 Å². The second-order valence-corrected chi connectivity index (χ2v) is 2.36. The molecular formula is C7H14N3O+. The summed E-state index contributed by atoms with van der Waals surface area (Å²) in [5.41, 5.74) is 4.47. The Morgan fingerprint density at radius 3 is 2.18 bits per heavy atom. The Hall–Kier alpha value is -1.32. The van der Waals surface area contributed by atoms with Crippen LogP contribution in [-0.2, 0) is 18.9 Å². The predicted octanol–water partition coefficient (Wildman–Crippen LogP) is -0.659. The maximum atomic E-state index is 9.22. The van der Waals surface area contributed by atoms with E-state index in [0.717, 1.165) is 0 Å². The van der Waals surface area contributed by atoms with E-state index in [-0.39, 0.29) is 5.91 Å². The van der Waals surface area contributed by atoms with Gasteiger partial charge in [-0.05, 0) is 0 Å². The molecule has 0 bridgehead atoms. The minimum Gasteiger partial charge on any atom is -0.370 e. The number of aryl methyl sites for hydroxylation is 2. The van der Waals surface area contributed by atoms with Crippen molar-refractivity contribution < 1.29 is 9.36 Å². The molecule has 0 saturated carbocycles. The van der Waals surface area contributed by atoms with Gasteiger partial charge in [0.1, 0.15) is 12.4 Å². The molecule has 0 aromatic carbocycles. The van der Waals surface area contributed by atoms with Crippen LogP contribution in [0.2, 0.25) is 0 Å². The van der Waals surface area contributed by atoms with Crippen LogP contribution in [0, 0.1) is 0 Å². The van der Waals surface area contributed by atoms with E-state index in [1.54, 1.807) is 0 Å². The minimum atomic E-state index is -0.333. The topological polar surface area (TPSA) is 51.9 Å². The summed E-state index contributed by atoms with van der Waals surface area (Å²) >= 11 is 0. The zero-order valence-corrected chi connectivity index (χ0v) is 7.11. The van der Waals surface area contributed by atoms with Gasteiger partial charge in [0.15, 0.2) is 0 Å². The van der Waals surface area contributed by atoms with Crippen molar-refractivity contribution in [2.45, 2.75) is 6.92 Å². The fourth-order valence-corrected chi connectivity index (χ4v) is 0.575. The molecule has 0 saturated heterocycles. The van der Waals surface area contributed by atoms with Crippen molar-refractivity contribution in [1.29, 1.82) is 0 Å². The van der Waals surface area contributed by atoms with Gasteiger partial charge in [0.05, 0.1) is 14.1 Å². The molecule has 2 N–H and O–H groups in total. The quantitative estimate of drug-likeness (QED) is 0.498. The lowest BCUT2D eigenvalue weighted by molar-refractivity contribution is -0.670. The van der Waals surface area contributed by atoms with Crippen LogP contribution in [-0.4, -0.2) is 10.5 Å². The highest BCUT2D eigenvalue weighted by molar-refractivity contribution is 5.70. The molecule has 0 spiro atoms. The van der Waals surface area contributed by atoms with E-state index in [9.17, 15) is 4.79 Å². The van der Waals surface area contributed by atoms with Crippen molar-refractivity contribution >= 4 is 5.91 Å². The highest BCUT2D eigenvalue weighted by Gasteiger charge is 1.87. The second-order valence-electron chi connectivity index (χ2n) is 2.36. The summed E-state index contributed by atoms with van der Waals surface area (Å²) in [6, 6.07) is 0. The van der Waals surface area contributed by atoms with Crippen LogP contribution < -0.4 is 10.3 Å².